The van der Waals surface area contributed by atoms with Crippen LogP contribution in [0.3, 0.4) is 0 Å². The first-order chi connectivity index (χ1) is 16.7. The van der Waals surface area contributed by atoms with Crippen LogP contribution in [0.1, 0.15) is 37.9 Å². The number of piperidine rings is 1. The Labute approximate surface area is 211 Å². The van der Waals surface area contributed by atoms with Crippen molar-refractivity contribution in [1.29, 1.82) is 0 Å². The summed E-state index contributed by atoms with van der Waals surface area (Å²) in [6, 6.07) is 15.4. The molecular weight excluding hydrogens is 462 g/mol. The number of carbonyl (C=O) groups is 2. The Bertz CT molecular complexity index is 1210. The third kappa shape index (κ3) is 5.51. The van der Waals surface area contributed by atoms with Gasteiger partial charge in [0.1, 0.15) is 5.69 Å². The Morgan fingerprint density at radius 3 is 2.34 bits per heavy atom. The lowest BCUT2D eigenvalue weighted by atomic mass is 9.95. The van der Waals surface area contributed by atoms with Crippen molar-refractivity contribution in [3.63, 3.8) is 0 Å². The molecule has 35 heavy (non-hydrogen) atoms. The van der Waals surface area contributed by atoms with E-state index < -0.39 is 0 Å². The molecule has 1 aromatic heterocycles. The highest BCUT2D eigenvalue weighted by Crippen LogP contribution is 2.35. The quantitative estimate of drug-likeness (QED) is 0.469. The summed E-state index contributed by atoms with van der Waals surface area (Å²) in [5, 5.41) is 11.6. The zero-order valence-electron chi connectivity index (χ0n) is 20.6. The van der Waals surface area contributed by atoms with Gasteiger partial charge in [0.2, 0.25) is 11.8 Å². The number of hydrogen-bond acceptors (Lipinski definition) is 4. The Morgan fingerprint density at radius 2 is 1.71 bits per heavy atom. The first-order valence-electron chi connectivity index (χ1n) is 12.0. The van der Waals surface area contributed by atoms with Crippen LogP contribution in [0, 0.1) is 25.7 Å². The average Bonchev–Trinajstić information content (AvgIpc) is 3.17. The molecular formula is C27H32ClN5O2. The Hall–Kier alpha value is -3.32. The number of hydrogen-bond donors (Lipinski definition) is 2. The van der Waals surface area contributed by atoms with E-state index >= 15 is 0 Å². The van der Waals surface area contributed by atoms with Crippen LogP contribution in [0.2, 0.25) is 5.02 Å². The van der Waals surface area contributed by atoms with Crippen molar-refractivity contribution in [2.24, 2.45) is 11.8 Å². The number of nitrogens with zero attached hydrogens (tertiary/aromatic N) is 3. The van der Waals surface area contributed by atoms with Crippen molar-refractivity contribution < 1.29 is 9.59 Å². The molecule has 3 aromatic rings. The molecule has 0 atom stereocenters. The smallest absolute Gasteiger partial charge is 0.227 e. The van der Waals surface area contributed by atoms with Crippen molar-refractivity contribution in [3.05, 3.63) is 64.8 Å². The highest BCUT2D eigenvalue weighted by molar-refractivity contribution is 6.30. The molecule has 4 rings (SSSR count). The minimum Gasteiger partial charge on any atom is -0.355 e. The lowest BCUT2D eigenvalue weighted by Gasteiger charge is -2.34. The number of carbonyl (C=O) groups excluding carboxylic acids is 2. The Kier molecular flexibility index (Phi) is 7.45. The number of halogens is 1. The van der Waals surface area contributed by atoms with Gasteiger partial charge >= 0.3 is 0 Å². The summed E-state index contributed by atoms with van der Waals surface area (Å²) in [6.45, 7) is 8.95. The third-order valence-corrected chi connectivity index (χ3v) is 6.66. The largest absolute Gasteiger partial charge is 0.355 e. The monoisotopic (exact) mass is 493 g/mol. The lowest BCUT2D eigenvalue weighted by Crippen LogP contribution is -2.39. The van der Waals surface area contributed by atoms with Gasteiger partial charge in [0.15, 0.2) is 5.82 Å². The van der Waals surface area contributed by atoms with Gasteiger partial charge in [-0.25, -0.2) is 4.68 Å². The van der Waals surface area contributed by atoms with Crippen LogP contribution in [-0.4, -0.2) is 34.7 Å². The molecule has 0 bridgehead atoms. The molecule has 0 spiro atoms. The van der Waals surface area contributed by atoms with Gasteiger partial charge in [-0.1, -0.05) is 43.6 Å². The fourth-order valence-corrected chi connectivity index (χ4v) is 4.55. The molecule has 2 N–H and O–H groups in total. The summed E-state index contributed by atoms with van der Waals surface area (Å²) in [6.07, 6.45) is 1.41. The maximum Gasteiger partial charge on any atom is 0.227 e. The first-order valence-corrected chi connectivity index (χ1v) is 12.4. The molecule has 0 saturated carbocycles. The van der Waals surface area contributed by atoms with E-state index in [-0.39, 0.29) is 23.7 Å². The predicted octanol–water partition coefficient (Wildman–Crippen LogP) is 5.59. The number of anilines is 3. The molecule has 2 heterocycles. The second kappa shape index (κ2) is 10.5. The van der Waals surface area contributed by atoms with Gasteiger partial charge in [0, 0.05) is 35.6 Å². The summed E-state index contributed by atoms with van der Waals surface area (Å²) in [4.78, 5) is 27.8. The van der Waals surface area contributed by atoms with Crippen LogP contribution < -0.4 is 15.5 Å². The van der Waals surface area contributed by atoms with Crippen molar-refractivity contribution in [3.8, 4) is 5.69 Å². The molecule has 0 aliphatic carbocycles. The van der Waals surface area contributed by atoms with Gasteiger partial charge in [0.05, 0.1) is 11.4 Å². The van der Waals surface area contributed by atoms with Crippen LogP contribution in [0.4, 0.5) is 17.2 Å². The summed E-state index contributed by atoms with van der Waals surface area (Å²) in [5.41, 5.74) is 4.14. The van der Waals surface area contributed by atoms with Gasteiger partial charge in [-0.05, 0) is 62.6 Å². The Balaban J connectivity index is 1.55. The summed E-state index contributed by atoms with van der Waals surface area (Å²) >= 11 is 6.05. The standard InChI is InChI=1S/C27H32ClN5O2/c1-17(2)25(34)30-24-19(4)31-33(22-8-6-5-7-9-22)27(24)32-14-12-20(13-15-32)26(35)29-23-11-10-21(28)16-18(23)3/h5-11,16-17,20H,12-15H2,1-4H3,(H,29,35)(H,30,34). The van der Waals surface area contributed by atoms with E-state index in [2.05, 4.69) is 15.5 Å². The lowest BCUT2D eigenvalue weighted by molar-refractivity contribution is -0.120. The molecule has 1 aliphatic heterocycles. The maximum absolute atomic E-state index is 13.0. The number of aryl methyl sites for hydroxylation is 2. The summed E-state index contributed by atoms with van der Waals surface area (Å²) in [7, 11) is 0. The Morgan fingerprint density at radius 1 is 1.03 bits per heavy atom. The van der Waals surface area contributed by atoms with Crippen molar-refractivity contribution in [2.75, 3.05) is 28.6 Å². The van der Waals surface area contributed by atoms with Crippen LogP contribution in [0.5, 0.6) is 0 Å². The fraction of sp³-hybridized carbons (Fsp3) is 0.370. The van der Waals surface area contributed by atoms with Crippen LogP contribution >= 0.6 is 11.6 Å². The van der Waals surface area contributed by atoms with E-state index in [1.807, 2.05) is 74.8 Å². The highest BCUT2D eigenvalue weighted by atomic mass is 35.5. The maximum atomic E-state index is 13.0. The van der Waals surface area contributed by atoms with Crippen molar-refractivity contribution in [1.82, 2.24) is 9.78 Å². The molecule has 0 unspecified atom stereocenters. The second-order valence-electron chi connectivity index (χ2n) is 9.39. The second-order valence-corrected chi connectivity index (χ2v) is 9.82. The fourth-order valence-electron chi connectivity index (χ4n) is 4.33. The molecule has 1 fully saturated rings. The first kappa shape index (κ1) is 24.8. The predicted molar refractivity (Wildman–Crippen MR) is 142 cm³/mol. The number of para-hydroxylation sites is 1. The topological polar surface area (TPSA) is 79.3 Å². The number of rotatable bonds is 6. The number of nitrogens with one attached hydrogen (secondary N) is 2. The molecule has 1 aliphatic rings. The average molecular weight is 494 g/mol. The van der Waals surface area contributed by atoms with Crippen molar-refractivity contribution >= 4 is 40.6 Å². The van der Waals surface area contributed by atoms with Gasteiger partial charge in [-0.15, -0.1) is 0 Å². The molecule has 8 heteroatoms. The van der Waals surface area contributed by atoms with Crippen LogP contribution in [0.25, 0.3) is 5.69 Å². The zero-order chi connectivity index (χ0) is 25.1. The third-order valence-electron chi connectivity index (χ3n) is 6.42. The SMILES string of the molecule is Cc1cc(Cl)ccc1NC(=O)C1CCN(c2c(NC(=O)C(C)C)c(C)nn2-c2ccccc2)CC1. The molecule has 1 saturated heterocycles. The minimum atomic E-state index is -0.145. The van der Waals surface area contributed by atoms with Crippen LogP contribution in [-0.2, 0) is 9.59 Å². The van der Waals surface area contributed by atoms with E-state index in [4.69, 9.17) is 16.7 Å². The zero-order valence-corrected chi connectivity index (χ0v) is 21.4. The van der Waals surface area contributed by atoms with E-state index in [1.165, 1.54) is 0 Å². The van der Waals surface area contributed by atoms with Crippen LogP contribution in [0.15, 0.2) is 48.5 Å². The minimum absolute atomic E-state index is 0.0242. The van der Waals surface area contributed by atoms with E-state index in [1.54, 1.807) is 6.07 Å². The van der Waals surface area contributed by atoms with Gasteiger partial charge in [-0.3, -0.25) is 9.59 Å². The van der Waals surface area contributed by atoms with Gasteiger partial charge < -0.3 is 15.5 Å². The van der Waals surface area contributed by atoms with Gasteiger partial charge in [0.25, 0.3) is 0 Å². The molecule has 184 valence electrons. The summed E-state index contributed by atoms with van der Waals surface area (Å²) < 4.78 is 1.89. The van der Waals surface area contributed by atoms with E-state index in [0.29, 0.717) is 31.0 Å². The summed E-state index contributed by atoms with van der Waals surface area (Å²) in [5.74, 6) is 0.595. The molecule has 2 aromatic carbocycles. The van der Waals surface area contributed by atoms with Crippen molar-refractivity contribution in [2.45, 2.75) is 40.5 Å². The number of benzene rings is 2. The van der Waals surface area contributed by atoms with E-state index in [9.17, 15) is 9.59 Å². The molecule has 2 amide bonds. The normalized spacial score (nSPS) is 14.3. The van der Waals surface area contributed by atoms with Gasteiger partial charge in [-0.2, -0.15) is 5.10 Å². The highest BCUT2D eigenvalue weighted by Gasteiger charge is 2.30. The molecule has 7 nitrogen and oxygen atoms in total. The number of amides is 2. The van der Waals surface area contributed by atoms with E-state index in [0.717, 1.165) is 34.1 Å². The molecule has 0 radical (unpaired) electrons. The number of aromatic nitrogens is 2.